The van der Waals surface area contributed by atoms with Crippen LogP contribution in [0.15, 0.2) is 55.2 Å². The first-order valence-corrected chi connectivity index (χ1v) is 7.98. The van der Waals surface area contributed by atoms with Gasteiger partial charge in [-0.25, -0.2) is 14.5 Å². The monoisotopic (exact) mass is 355 g/mol. The smallest absolute Gasteiger partial charge is 0.177 e. The standard InChI is InChI=1S/C16H14ClN7O/c17-14-11-12(1-4-18-14)24(15-3-7-22(21-15)9-10-25)13-2-5-20-23-8-6-19-16(13)23/h1-8,11,25H,9-10H2. The lowest BCUT2D eigenvalue weighted by molar-refractivity contribution is 0.269. The normalized spacial score (nSPS) is 11.1. The molecule has 4 rings (SSSR count). The van der Waals surface area contributed by atoms with Crippen LogP contribution in [0.3, 0.4) is 0 Å². The zero-order chi connectivity index (χ0) is 17.2. The van der Waals surface area contributed by atoms with Gasteiger partial charge in [0.05, 0.1) is 30.7 Å². The maximum Gasteiger partial charge on any atom is 0.177 e. The zero-order valence-electron chi connectivity index (χ0n) is 13.1. The number of aliphatic hydroxyl groups is 1. The number of halogens is 1. The number of imidazole rings is 1. The maximum atomic E-state index is 9.13. The second-order valence-corrected chi connectivity index (χ2v) is 5.63. The number of aliphatic hydroxyl groups excluding tert-OH is 1. The van der Waals surface area contributed by atoms with Gasteiger partial charge < -0.3 is 5.11 Å². The van der Waals surface area contributed by atoms with E-state index in [9.17, 15) is 0 Å². The Morgan fingerprint density at radius 1 is 1.08 bits per heavy atom. The van der Waals surface area contributed by atoms with Gasteiger partial charge in [0, 0.05) is 30.9 Å². The SMILES string of the molecule is OCCn1ccc(N(c2ccnc(Cl)c2)c2ccnn3ccnc23)n1. The lowest BCUT2D eigenvalue weighted by Crippen LogP contribution is -2.14. The van der Waals surface area contributed by atoms with Crippen LogP contribution in [0.2, 0.25) is 5.15 Å². The number of fused-ring (bicyclic) bond motifs is 1. The summed E-state index contributed by atoms with van der Waals surface area (Å²) in [6.07, 6.45) is 8.62. The van der Waals surface area contributed by atoms with E-state index in [4.69, 9.17) is 16.7 Å². The molecule has 0 amide bonds. The molecule has 0 saturated carbocycles. The first-order chi connectivity index (χ1) is 12.3. The van der Waals surface area contributed by atoms with Crippen molar-refractivity contribution in [3.63, 3.8) is 0 Å². The lowest BCUT2D eigenvalue weighted by Gasteiger charge is -2.22. The quantitative estimate of drug-likeness (QED) is 0.553. The van der Waals surface area contributed by atoms with Crippen molar-refractivity contribution in [2.75, 3.05) is 11.5 Å². The number of nitrogens with zero attached hydrogens (tertiary/aromatic N) is 7. The second-order valence-electron chi connectivity index (χ2n) is 5.24. The molecule has 0 aliphatic carbocycles. The molecule has 0 atom stereocenters. The second kappa shape index (κ2) is 6.50. The van der Waals surface area contributed by atoms with Crippen molar-refractivity contribution in [2.45, 2.75) is 6.54 Å². The van der Waals surface area contributed by atoms with E-state index >= 15 is 0 Å². The van der Waals surface area contributed by atoms with Crippen LogP contribution in [0.4, 0.5) is 17.2 Å². The Bertz CT molecular complexity index is 1010. The maximum absolute atomic E-state index is 9.13. The summed E-state index contributed by atoms with van der Waals surface area (Å²) in [5.41, 5.74) is 2.29. The van der Waals surface area contributed by atoms with Crippen LogP contribution < -0.4 is 4.90 Å². The molecule has 0 aromatic carbocycles. The molecule has 0 unspecified atom stereocenters. The fourth-order valence-corrected chi connectivity index (χ4v) is 2.79. The predicted molar refractivity (Wildman–Crippen MR) is 93.3 cm³/mol. The van der Waals surface area contributed by atoms with Crippen LogP contribution in [0, 0.1) is 0 Å². The van der Waals surface area contributed by atoms with Gasteiger partial charge in [0.25, 0.3) is 0 Å². The average molecular weight is 356 g/mol. The van der Waals surface area contributed by atoms with E-state index in [0.717, 1.165) is 11.4 Å². The van der Waals surface area contributed by atoms with Crippen molar-refractivity contribution in [3.8, 4) is 0 Å². The first-order valence-electron chi connectivity index (χ1n) is 7.60. The highest BCUT2D eigenvalue weighted by molar-refractivity contribution is 6.29. The highest BCUT2D eigenvalue weighted by Gasteiger charge is 2.19. The number of rotatable bonds is 5. The molecule has 8 nitrogen and oxygen atoms in total. The van der Waals surface area contributed by atoms with E-state index < -0.39 is 0 Å². The number of anilines is 3. The van der Waals surface area contributed by atoms with Gasteiger partial charge in [0.15, 0.2) is 11.5 Å². The number of aromatic nitrogens is 6. The van der Waals surface area contributed by atoms with Crippen LogP contribution in [-0.2, 0) is 6.54 Å². The van der Waals surface area contributed by atoms with Crippen LogP contribution in [0.25, 0.3) is 5.65 Å². The molecule has 1 N–H and O–H groups in total. The molecule has 0 spiro atoms. The summed E-state index contributed by atoms with van der Waals surface area (Å²) in [6.45, 7) is 0.433. The molecule has 4 heterocycles. The summed E-state index contributed by atoms with van der Waals surface area (Å²) in [7, 11) is 0. The predicted octanol–water partition coefficient (Wildman–Crippen LogP) is 2.44. The van der Waals surface area contributed by atoms with Gasteiger partial charge >= 0.3 is 0 Å². The Morgan fingerprint density at radius 3 is 2.84 bits per heavy atom. The topological polar surface area (TPSA) is 84.4 Å². The van der Waals surface area contributed by atoms with Crippen molar-refractivity contribution < 1.29 is 5.11 Å². The van der Waals surface area contributed by atoms with E-state index in [0.29, 0.717) is 23.2 Å². The van der Waals surface area contributed by atoms with Gasteiger partial charge in [-0.3, -0.25) is 9.58 Å². The fraction of sp³-hybridized carbons (Fsp3) is 0.125. The molecule has 126 valence electrons. The Balaban J connectivity index is 1.90. The Kier molecular flexibility index (Phi) is 4.04. The summed E-state index contributed by atoms with van der Waals surface area (Å²) in [6, 6.07) is 7.33. The zero-order valence-corrected chi connectivity index (χ0v) is 13.8. The minimum Gasteiger partial charge on any atom is -0.394 e. The van der Waals surface area contributed by atoms with E-state index in [1.807, 2.05) is 29.3 Å². The van der Waals surface area contributed by atoms with Gasteiger partial charge in [0.1, 0.15) is 5.15 Å². The highest BCUT2D eigenvalue weighted by Crippen LogP contribution is 2.35. The van der Waals surface area contributed by atoms with Gasteiger partial charge in [-0.05, 0) is 18.2 Å². The van der Waals surface area contributed by atoms with Crippen molar-refractivity contribution in [2.24, 2.45) is 0 Å². The van der Waals surface area contributed by atoms with Gasteiger partial charge in [-0.15, -0.1) is 0 Å². The summed E-state index contributed by atoms with van der Waals surface area (Å²) in [4.78, 5) is 10.4. The third kappa shape index (κ3) is 2.92. The molecular weight excluding hydrogens is 342 g/mol. The first kappa shape index (κ1) is 15.6. The van der Waals surface area contributed by atoms with Crippen LogP contribution in [0.1, 0.15) is 0 Å². The molecule has 0 aliphatic rings. The summed E-state index contributed by atoms with van der Waals surface area (Å²) >= 11 is 6.09. The van der Waals surface area contributed by atoms with Crippen molar-refractivity contribution in [1.82, 2.24) is 29.4 Å². The van der Waals surface area contributed by atoms with E-state index in [2.05, 4.69) is 20.2 Å². The molecule has 9 heteroatoms. The van der Waals surface area contributed by atoms with Crippen LogP contribution >= 0.6 is 11.6 Å². The molecular formula is C16H14ClN7O. The summed E-state index contributed by atoms with van der Waals surface area (Å²) < 4.78 is 3.37. The highest BCUT2D eigenvalue weighted by atomic mass is 35.5. The number of hydrogen-bond donors (Lipinski definition) is 1. The lowest BCUT2D eigenvalue weighted by atomic mass is 10.3. The van der Waals surface area contributed by atoms with E-state index in [1.54, 1.807) is 40.1 Å². The Hall–Kier alpha value is -2.97. The van der Waals surface area contributed by atoms with Crippen molar-refractivity contribution >= 4 is 34.4 Å². The number of hydrogen-bond acceptors (Lipinski definition) is 6. The Labute approximate surface area is 147 Å². The number of pyridine rings is 1. The largest absolute Gasteiger partial charge is 0.394 e. The Morgan fingerprint density at radius 2 is 2.00 bits per heavy atom. The molecule has 4 aromatic heterocycles. The molecule has 0 saturated heterocycles. The van der Waals surface area contributed by atoms with Gasteiger partial charge in [-0.1, -0.05) is 11.6 Å². The molecule has 25 heavy (non-hydrogen) atoms. The molecule has 0 bridgehead atoms. The molecule has 4 aromatic rings. The van der Waals surface area contributed by atoms with Crippen molar-refractivity contribution in [3.05, 3.63) is 60.4 Å². The van der Waals surface area contributed by atoms with Gasteiger partial charge in [0.2, 0.25) is 0 Å². The van der Waals surface area contributed by atoms with E-state index in [-0.39, 0.29) is 6.61 Å². The van der Waals surface area contributed by atoms with Crippen LogP contribution in [-0.4, -0.2) is 41.1 Å². The minimum atomic E-state index is 0.0158. The van der Waals surface area contributed by atoms with Crippen LogP contribution in [0.5, 0.6) is 0 Å². The molecule has 0 radical (unpaired) electrons. The fourth-order valence-electron chi connectivity index (χ4n) is 2.62. The average Bonchev–Trinajstić information content (AvgIpc) is 3.25. The molecule has 0 fully saturated rings. The van der Waals surface area contributed by atoms with Gasteiger partial charge in [-0.2, -0.15) is 10.2 Å². The van der Waals surface area contributed by atoms with Crippen molar-refractivity contribution in [1.29, 1.82) is 0 Å². The minimum absolute atomic E-state index is 0.0158. The third-order valence-corrected chi connectivity index (χ3v) is 3.88. The van der Waals surface area contributed by atoms with E-state index in [1.165, 1.54) is 0 Å². The summed E-state index contributed by atoms with van der Waals surface area (Å²) in [5, 5.41) is 18.3. The summed E-state index contributed by atoms with van der Waals surface area (Å²) in [5.74, 6) is 0.673. The molecule has 0 aliphatic heterocycles. The third-order valence-electron chi connectivity index (χ3n) is 3.67.